The Morgan fingerprint density at radius 2 is 1.68 bits per heavy atom. The third-order valence-corrected chi connectivity index (χ3v) is 7.73. The van der Waals surface area contributed by atoms with Gasteiger partial charge in [-0.1, -0.05) is 18.5 Å². The molecule has 0 saturated carbocycles. The smallest absolute Gasteiger partial charge is 0.314 e. The minimum absolute atomic E-state index is 0.168. The van der Waals surface area contributed by atoms with E-state index in [1.165, 1.54) is 45.7 Å². The van der Waals surface area contributed by atoms with Crippen molar-refractivity contribution in [2.75, 3.05) is 19.2 Å². The molecule has 3 heterocycles. The predicted molar refractivity (Wildman–Crippen MR) is 133 cm³/mol. The number of nitrogens with two attached hydrogens (primary N) is 1. The minimum Gasteiger partial charge on any atom is -0.479 e. The molecule has 0 aliphatic rings. The Balaban J connectivity index is 2.24. The number of sulfonamides is 1. The summed E-state index contributed by atoms with van der Waals surface area (Å²) < 4.78 is 44.3. The first-order chi connectivity index (χ1) is 17.4. The molecule has 0 saturated heterocycles. The number of ether oxygens (including phenoxy) is 2. The zero-order valence-corrected chi connectivity index (χ0v) is 22.1. The van der Waals surface area contributed by atoms with Gasteiger partial charge in [-0.15, -0.1) is 4.41 Å². The number of hydrazine groups is 1. The van der Waals surface area contributed by atoms with Crippen molar-refractivity contribution in [1.82, 2.24) is 24.4 Å². The van der Waals surface area contributed by atoms with Crippen LogP contribution in [0.5, 0.6) is 11.8 Å². The first kappa shape index (κ1) is 27.6. The molecule has 0 radical (unpaired) electrons. The number of carbonyl (C=O) groups excluding carboxylic acids is 1. The lowest BCUT2D eigenvalue weighted by molar-refractivity contribution is 0.0928. The summed E-state index contributed by atoms with van der Waals surface area (Å²) in [6.07, 6.45) is 3.75. The lowest BCUT2D eigenvalue weighted by atomic mass is 10.1. The molecule has 0 bridgehead atoms. The van der Waals surface area contributed by atoms with Gasteiger partial charge in [-0.25, -0.2) is 18.4 Å². The van der Waals surface area contributed by atoms with Gasteiger partial charge in [0.15, 0.2) is 11.4 Å². The molecule has 0 spiro atoms. The number of guanidine groups is 1. The number of furan rings is 1. The monoisotopic (exact) mass is 552 g/mol. The molecule has 0 aromatic carbocycles. The zero-order valence-electron chi connectivity index (χ0n) is 20.5. The van der Waals surface area contributed by atoms with Crippen molar-refractivity contribution in [3.05, 3.63) is 53.2 Å². The number of nitrogens with zero attached hydrogens (tertiary/aromatic N) is 6. The highest BCUT2D eigenvalue weighted by Crippen LogP contribution is 2.38. The number of aryl methyl sites for hydroxylation is 1. The predicted octanol–water partition coefficient (Wildman–Crippen LogP) is 2.12. The van der Waals surface area contributed by atoms with Gasteiger partial charge in [0.05, 0.1) is 24.5 Å². The van der Waals surface area contributed by atoms with E-state index in [4.69, 9.17) is 36.6 Å². The van der Waals surface area contributed by atoms with E-state index < -0.39 is 33.1 Å². The number of hydrogen-bond acceptors (Lipinski definition) is 11. The van der Waals surface area contributed by atoms with Crippen molar-refractivity contribution < 1.29 is 27.1 Å². The molecule has 16 heteroatoms. The van der Waals surface area contributed by atoms with Gasteiger partial charge in [-0.2, -0.15) is 15.0 Å². The van der Waals surface area contributed by atoms with Gasteiger partial charge < -0.3 is 19.6 Å². The van der Waals surface area contributed by atoms with E-state index in [-0.39, 0.29) is 34.1 Å². The van der Waals surface area contributed by atoms with Gasteiger partial charge in [0, 0.05) is 18.3 Å². The van der Waals surface area contributed by atoms with Gasteiger partial charge in [0.1, 0.15) is 17.9 Å². The second-order valence-electron chi connectivity index (χ2n) is 7.69. The van der Waals surface area contributed by atoms with E-state index in [0.717, 1.165) is 6.33 Å². The standard InChI is InChI=1S/C21H25ClN8O6S/c1-11-6-7-15(36-11)20(31)29(16-18(34-4)27-10-28-19(16)35-5)30(21(23)24)37(32,33)13(3)12(2)17-25-8-14(22)9-26-17/h6-10,12-13H,1-5H3,(H3,23,24)/t12-,13-/m0/s1. The largest absolute Gasteiger partial charge is 0.479 e. The Morgan fingerprint density at radius 1 is 1.11 bits per heavy atom. The molecule has 37 heavy (non-hydrogen) atoms. The van der Waals surface area contributed by atoms with Crippen molar-refractivity contribution in [3.8, 4) is 11.8 Å². The number of aromatic nitrogens is 4. The number of methoxy groups -OCH3 is 2. The van der Waals surface area contributed by atoms with Crippen molar-refractivity contribution in [2.24, 2.45) is 5.73 Å². The third-order valence-electron chi connectivity index (χ3n) is 5.35. The van der Waals surface area contributed by atoms with Crippen LogP contribution in [0, 0.1) is 12.3 Å². The molecule has 0 aliphatic heterocycles. The summed E-state index contributed by atoms with van der Waals surface area (Å²) in [4.78, 5) is 29.9. The van der Waals surface area contributed by atoms with Crippen LogP contribution in [0.3, 0.4) is 0 Å². The molecule has 1 amide bonds. The number of anilines is 1. The number of halogens is 1. The summed E-state index contributed by atoms with van der Waals surface area (Å²) in [7, 11) is -2.13. The van der Waals surface area contributed by atoms with E-state index in [2.05, 4.69) is 19.9 Å². The molecule has 0 unspecified atom stereocenters. The van der Waals surface area contributed by atoms with Crippen LogP contribution in [0.4, 0.5) is 5.69 Å². The van der Waals surface area contributed by atoms with Crippen LogP contribution in [0.15, 0.2) is 35.3 Å². The van der Waals surface area contributed by atoms with Crippen LogP contribution in [0.25, 0.3) is 0 Å². The van der Waals surface area contributed by atoms with Gasteiger partial charge >= 0.3 is 5.91 Å². The first-order valence-electron chi connectivity index (χ1n) is 10.6. The number of hydrogen-bond donors (Lipinski definition) is 2. The molecule has 3 N–H and O–H groups in total. The molecule has 3 aromatic heterocycles. The van der Waals surface area contributed by atoms with E-state index in [9.17, 15) is 13.2 Å². The maximum absolute atomic E-state index is 14.0. The van der Waals surface area contributed by atoms with Gasteiger partial charge in [0.25, 0.3) is 10.0 Å². The van der Waals surface area contributed by atoms with Gasteiger partial charge in [-0.3, -0.25) is 10.2 Å². The summed E-state index contributed by atoms with van der Waals surface area (Å²) >= 11 is 5.85. The molecule has 2 atom stereocenters. The number of nitrogens with one attached hydrogen (secondary N) is 1. The summed E-state index contributed by atoms with van der Waals surface area (Å²) in [6, 6.07) is 2.85. The van der Waals surface area contributed by atoms with E-state index in [0.29, 0.717) is 15.2 Å². The fourth-order valence-electron chi connectivity index (χ4n) is 3.30. The average molecular weight is 553 g/mol. The fourth-order valence-corrected chi connectivity index (χ4v) is 5.01. The highest BCUT2D eigenvalue weighted by molar-refractivity contribution is 7.90. The van der Waals surface area contributed by atoms with Crippen LogP contribution >= 0.6 is 11.6 Å². The van der Waals surface area contributed by atoms with Crippen molar-refractivity contribution in [3.63, 3.8) is 0 Å². The molecule has 0 fully saturated rings. The van der Waals surface area contributed by atoms with E-state index >= 15 is 0 Å². The lowest BCUT2D eigenvalue weighted by Gasteiger charge is -2.36. The lowest BCUT2D eigenvalue weighted by Crippen LogP contribution is -2.58. The number of carbonyl (C=O) groups is 1. The van der Waals surface area contributed by atoms with Crippen LogP contribution < -0.4 is 20.2 Å². The molecule has 3 rings (SSSR count). The van der Waals surface area contributed by atoms with E-state index in [1.54, 1.807) is 13.8 Å². The summed E-state index contributed by atoms with van der Waals surface area (Å²) in [5.41, 5.74) is 5.47. The van der Waals surface area contributed by atoms with Crippen molar-refractivity contribution in [2.45, 2.75) is 31.9 Å². The van der Waals surface area contributed by atoms with Gasteiger partial charge in [0.2, 0.25) is 17.7 Å². The zero-order chi connectivity index (χ0) is 27.5. The van der Waals surface area contributed by atoms with Crippen molar-refractivity contribution in [1.29, 1.82) is 5.41 Å². The molecular weight excluding hydrogens is 528 g/mol. The summed E-state index contributed by atoms with van der Waals surface area (Å²) in [5, 5.41) is 7.74. The second-order valence-corrected chi connectivity index (χ2v) is 10.3. The average Bonchev–Trinajstić information content (AvgIpc) is 3.31. The maximum atomic E-state index is 14.0. The summed E-state index contributed by atoms with van der Waals surface area (Å²) in [5.74, 6) is -3.01. The second kappa shape index (κ2) is 11.0. The Bertz CT molecular complexity index is 1380. The molecular formula is C21H25ClN8O6S. The minimum atomic E-state index is -4.63. The topological polar surface area (TPSA) is 191 Å². The highest BCUT2D eigenvalue weighted by Gasteiger charge is 2.44. The normalized spacial score (nSPS) is 12.9. The van der Waals surface area contributed by atoms with Crippen LogP contribution in [0.2, 0.25) is 5.02 Å². The Labute approximate surface area is 217 Å². The fraction of sp³-hybridized carbons (Fsp3) is 0.333. The Morgan fingerprint density at radius 3 is 2.14 bits per heavy atom. The third kappa shape index (κ3) is 5.41. The first-order valence-corrected chi connectivity index (χ1v) is 12.5. The SMILES string of the molecule is COc1ncnc(OC)c1N(C(=O)c1ccc(C)o1)N(C(=N)N)S(=O)(=O)[C@@H](C)[C@H](C)c1ncc(Cl)cn1. The summed E-state index contributed by atoms with van der Waals surface area (Å²) in [6.45, 7) is 4.53. The Kier molecular flexibility index (Phi) is 8.18. The maximum Gasteiger partial charge on any atom is 0.314 e. The van der Waals surface area contributed by atoms with Crippen LogP contribution in [-0.4, -0.2) is 64.1 Å². The highest BCUT2D eigenvalue weighted by atomic mass is 35.5. The molecule has 3 aromatic rings. The Hall–Kier alpha value is -3.98. The molecule has 14 nitrogen and oxygen atoms in total. The number of amides is 1. The molecule has 0 aliphatic carbocycles. The number of rotatable bonds is 8. The van der Waals surface area contributed by atoms with Gasteiger partial charge in [-0.05, 0) is 26.0 Å². The quantitative estimate of drug-likeness (QED) is 0.236. The van der Waals surface area contributed by atoms with Crippen LogP contribution in [0.1, 0.15) is 41.9 Å². The van der Waals surface area contributed by atoms with Crippen LogP contribution in [-0.2, 0) is 10.0 Å². The molecule has 198 valence electrons. The van der Waals surface area contributed by atoms with E-state index in [1.807, 2.05) is 0 Å². The van der Waals surface area contributed by atoms with Crippen molar-refractivity contribution >= 4 is 39.2 Å².